The summed E-state index contributed by atoms with van der Waals surface area (Å²) in [4.78, 5) is 10.6. The molecule has 1 heterocycles. The molecular weight excluding hydrogens is 215 g/mol. The summed E-state index contributed by atoms with van der Waals surface area (Å²) < 4.78 is 23.6. The number of ether oxygens (including phenoxy) is 2. The molecule has 0 saturated heterocycles. The zero-order valence-electron chi connectivity index (χ0n) is 8.70. The lowest BCUT2D eigenvalue weighted by molar-refractivity contribution is -0.203. The van der Waals surface area contributed by atoms with E-state index < -0.39 is 11.8 Å². The van der Waals surface area contributed by atoms with E-state index in [4.69, 9.17) is 14.6 Å². The van der Waals surface area contributed by atoms with Crippen LogP contribution in [0.15, 0.2) is 18.2 Å². The first-order valence-electron chi connectivity index (χ1n) is 4.82. The first kappa shape index (κ1) is 10.9. The fourth-order valence-corrected chi connectivity index (χ4v) is 1.61. The fraction of sp³-hybridized carbons (Fsp3) is 0.364. The molecule has 1 aromatic rings. The van der Waals surface area contributed by atoms with Crippen LogP contribution >= 0.6 is 0 Å². The van der Waals surface area contributed by atoms with Gasteiger partial charge in [-0.05, 0) is 18.2 Å². The summed E-state index contributed by atoms with van der Waals surface area (Å²) in [5, 5.41) is 8.70. The summed E-state index contributed by atoms with van der Waals surface area (Å²) in [7, 11) is 0. The SMILES string of the molecule is CC1(CC(=O)O)OCc2cc(F)ccc2O1. The number of hydrogen-bond acceptors (Lipinski definition) is 3. The molecule has 16 heavy (non-hydrogen) atoms. The second-order valence-corrected chi connectivity index (χ2v) is 3.85. The first-order valence-corrected chi connectivity index (χ1v) is 4.82. The molecule has 2 rings (SSSR count). The highest BCUT2D eigenvalue weighted by molar-refractivity contribution is 5.68. The van der Waals surface area contributed by atoms with E-state index in [9.17, 15) is 9.18 Å². The monoisotopic (exact) mass is 226 g/mol. The Hall–Kier alpha value is -1.62. The smallest absolute Gasteiger partial charge is 0.310 e. The van der Waals surface area contributed by atoms with Crippen molar-refractivity contribution in [1.29, 1.82) is 0 Å². The predicted octanol–water partition coefficient (Wildman–Crippen LogP) is 1.93. The van der Waals surface area contributed by atoms with Gasteiger partial charge in [-0.25, -0.2) is 4.39 Å². The molecule has 1 N–H and O–H groups in total. The van der Waals surface area contributed by atoms with Crippen molar-refractivity contribution in [2.24, 2.45) is 0 Å². The highest BCUT2D eigenvalue weighted by Crippen LogP contribution is 2.33. The van der Waals surface area contributed by atoms with Crippen molar-refractivity contribution in [3.05, 3.63) is 29.6 Å². The lowest BCUT2D eigenvalue weighted by Gasteiger charge is -2.34. The maximum absolute atomic E-state index is 12.9. The van der Waals surface area contributed by atoms with Crippen LogP contribution in [0.25, 0.3) is 0 Å². The number of hydrogen-bond donors (Lipinski definition) is 1. The average molecular weight is 226 g/mol. The van der Waals surface area contributed by atoms with Gasteiger partial charge in [0.2, 0.25) is 5.79 Å². The van der Waals surface area contributed by atoms with Gasteiger partial charge in [-0.3, -0.25) is 4.79 Å². The Morgan fingerprint density at radius 1 is 1.62 bits per heavy atom. The standard InChI is InChI=1S/C11H11FO4/c1-11(5-10(13)14)15-6-7-4-8(12)2-3-9(7)16-11/h2-4H,5-6H2,1H3,(H,13,14). The molecule has 0 aromatic heterocycles. The second kappa shape index (κ2) is 3.75. The average Bonchev–Trinajstić information content (AvgIpc) is 2.17. The van der Waals surface area contributed by atoms with Crippen LogP contribution in [0.3, 0.4) is 0 Å². The number of carboxylic acids is 1. The maximum atomic E-state index is 12.9. The number of carboxylic acid groups (broad SMARTS) is 1. The third-order valence-corrected chi connectivity index (χ3v) is 2.35. The van der Waals surface area contributed by atoms with Crippen molar-refractivity contribution in [3.63, 3.8) is 0 Å². The first-order chi connectivity index (χ1) is 7.48. The molecule has 0 saturated carbocycles. The van der Waals surface area contributed by atoms with Crippen LogP contribution in [0.2, 0.25) is 0 Å². The topological polar surface area (TPSA) is 55.8 Å². The molecule has 0 bridgehead atoms. The van der Waals surface area contributed by atoms with Crippen LogP contribution in [0.5, 0.6) is 5.75 Å². The van der Waals surface area contributed by atoms with Crippen LogP contribution < -0.4 is 4.74 Å². The Balaban J connectivity index is 2.23. The number of rotatable bonds is 2. The minimum Gasteiger partial charge on any atom is -0.481 e. The van der Waals surface area contributed by atoms with Crippen molar-refractivity contribution in [2.45, 2.75) is 25.7 Å². The van der Waals surface area contributed by atoms with E-state index in [1.807, 2.05) is 0 Å². The molecule has 1 atom stereocenters. The minimum absolute atomic E-state index is 0.150. The van der Waals surface area contributed by atoms with Crippen LogP contribution in [0.1, 0.15) is 18.9 Å². The van der Waals surface area contributed by atoms with E-state index in [1.54, 1.807) is 6.92 Å². The van der Waals surface area contributed by atoms with Gasteiger partial charge >= 0.3 is 5.97 Å². The molecule has 0 fully saturated rings. The van der Waals surface area contributed by atoms with Crippen LogP contribution in [0, 0.1) is 5.82 Å². The van der Waals surface area contributed by atoms with Crippen LogP contribution in [-0.4, -0.2) is 16.9 Å². The van der Waals surface area contributed by atoms with Crippen molar-refractivity contribution >= 4 is 5.97 Å². The molecule has 0 spiro atoms. The van der Waals surface area contributed by atoms with E-state index in [-0.39, 0.29) is 18.8 Å². The molecule has 1 aromatic carbocycles. The third-order valence-electron chi connectivity index (χ3n) is 2.35. The van der Waals surface area contributed by atoms with E-state index in [1.165, 1.54) is 18.2 Å². The molecule has 0 amide bonds. The molecule has 0 aliphatic carbocycles. The van der Waals surface area contributed by atoms with Crippen LogP contribution in [-0.2, 0) is 16.1 Å². The molecule has 5 heteroatoms. The van der Waals surface area contributed by atoms with Gasteiger partial charge < -0.3 is 14.6 Å². The molecule has 86 valence electrons. The van der Waals surface area contributed by atoms with Gasteiger partial charge in [0.1, 0.15) is 18.0 Å². The molecule has 1 unspecified atom stereocenters. The lowest BCUT2D eigenvalue weighted by Crippen LogP contribution is -2.40. The van der Waals surface area contributed by atoms with Gasteiger partial charge in [-0.15, -0.1) is 0 Å². The molecular formula is C11H11FO4. The number of halogens is 1. The Labute approximate surface area is 91.6 Å². The van der Waals surface area contributed by atoms with Gasteiger partial charge in [0.25, 0.3) is 0 Å². The van der Waals surface area contributed by atoms with E-state index >= 15 is 0 Å². The molecule has 1 aliphatic rings. The summed E-state index contributed by atoms with van der Waals surface area (Å²) >= 11 is 0. The highest BCUT2D eigenvalue weighted by atomic mass is 19.1. The van der Waals surface area contributed by atoms with Gasteiger partial charge in [-0.2, -0.15) is 0 Å². The Morgan fingerprint density at radius 3 is 3.06 bits per heavy atom. The molecule has 0 radical (unpaired) electrons. The van der Waals surface area contributed by atoms with Crippen molar-refractivity contribution in [2.75, 3.05) is 0 Å². The lowest BCUT2D eigenvalue weighted by atomic mass is 10.1. The Kier molecular flexibility index (Phi) is 2.55. The molecule has 4 nitrogen and oxygen atoms in total. The van der Waals surface area contributed by atoms with Gasteiger partial charge in [-0.1, -0.05) is 0 Å². The number of benzene rings is 1. The Morgan fingerprint density at radius 2 is 2.38 bits per heavy atom. The number of fused-ring (bicyclic) bond motifs is 1. The zero-order valence-corrected chi connectivity index (χ0v) is 8.70. The highest BCUT2D eigenvalue weighted by Gasteiger charge is 2.35. The number of aliphatic carboxylic acids is 1. The van der Waals surface area contributed by atoms with Crippen molar-refractivity contribution < 1.29 is 23.8 Å². The third kappa shape index (κ3) is 2.14. The quantitative estimate of drug-likeness (QED) is 0.837. The fourth-order valence-electron chi connectivity index (χ4n) is 1.61. The summed E-state index contributed by atoms with van der Waals surface area (Å²) in [6.45, 7) is 1.70. The summed E-state index contributed by atoms with van der Waals surface area (Å²) in [6, 6.07) is 4.06. The number of carbonyl (C=O) groups is 1. The molecule has 1 aliphatic heterocycles. The zero-order chi connectivity index (χ0) is 11.8. The second-order valence-electron chi connectivity index (χ2n) is 3.85. The van der Waals surface area contributed by atoms with Gasteiger partial charge in [0.05, 0.1) is 6.61 Å². The van der Waals surface area contributed by atoms with Crippen molar-refractivity contribution in [1.82, 2.24) is 0 Å². The minimum atomic E-state index is -1.18. The van der Waals surface area contributed by atoms with Gasteiger partial charge in [0, 0.05) is 12.5 Å². The summed E-state index contributed by atoms with van der Waals surface area (Å²) in [5.74, 6) is -2.09. The maximum Gasteiger partial charge on any atom is 0.310 e. The normalized spacial score (nSPS) is 23.4. The summed E-state index contributed by atoms with van der Waals surface area (Å²) in [6.07, 6.45) is -0.260. The largest absolute Gasteiger partial charge is 0.481 e. The van der Waals surface area contributed by atoms with Crippen LogP contribution in [0.4, 0.5) is 4.39 Å². The van der Waals surface area contributed by atoms with E-state index in [2.05, 4.69) is 0 Å². The summed E-state index contributed by atoms with van der Waals surface area (Å²) in [5.41, 5.74) is 0.586. The van der Waals surface area contributed by atoms with Crippen molar-refractivity contribution in [3.8, 4) is 5.75 Å². The van der Waals surface area contributed by atoms with E-state index in [0.29, 0.717) is 11.3 Å². The predicted molar refractivity (Wildman–Crippen MR) is 52.5 cm³/mol. The van der Waals surface area contributed by atoms with E-state index in [0.717, 1.165) is 0 Å². The van der Waals surface area contributed by atoms with Gasteiger partial charge in [0.15, 0.2) is 0 Å². The Bertz CT molecular complexity index is 432.